The fourth-order valence-corrected chi connectivity index (χ4v) is 6.40. The Hall–Kier alpha value is -5.75. The van der Waals surface area contributed by atoms with Gasteiger partial charge < -0.3 is 19.2 Å². The first-order valence-corrected chi connectivity index (χ1v) is 19.9. The summed E-state index contributed by atoms with van der Waals surface area (Å²) in [6.45, 7) is 9.56. The predicted molar refractivity (Wildman–Crippen MR) is 234 cm³/mol. The first kappa shape index (κ1) is 45.9. The van der Waals surface area contributed by atoms with Crippen molar-refractivity contribution in [1.29, 1.82) is 5.26 Å². The molecule has 1 aliphatic heterocycles. The number of H-pyrrole nitrogens is 2. The Kier molecular flexibility index (Phi) is 17.5. The molecule has 310 valence electrons. The molecule has 7 rings (SSSR count). The van der Waals surface area contributed by atoms with E-state index >= 15 is 0 Å². The highest BCUT2D eigenvalue weighted by molar-refractivity contribution is 8.03. The van der Waals surface area contributed by atoms with Gasteiger partial charge in [-0.1, -0.05) is 23.2 Å². The molecule has 4 aromatic heterocycles. The van der Waals surface area contributed by atoms with Gasteiger partial charge in [0, 0.05) is 76.6 Å². The molecule has 2 aromatic carbocycles. The van der Waals surface area contributed by atoms with Gasteiger partial charge in [-0.2, -0.15) is 15.5 Å². The molecule has 1 fully saturated rings. The van der Waals surface area contributed by atoms with E-state index in [1.165, 1.54) is 34.1 Å². The van der Waals surface area contributed by atoms with Crippen LogP contribution in [-0.2, 0) is 4.74 Å². The minimum atomic E-state index is -0.483. The zero-order chi connectivity index (χ0) is 43.1. The normalized spacial score (nSPS) is 11.7. The highest BCUT2D eigenvalue weighted by Gasteiger charge is 2.12. The van der Waals surface area contributed by atoms with Gasteiger partial charge in [0.25, 0.3) is 22.9 Å². The van der Waals surface area contributed by atoms with Crippen LogP contribution in [0.4, 0.5) is 5.69 Å². The Balaban J connectivity index is 0.000000200. The Bertz CT molecular complexity index is 2550. The maximum atomic E-state index is 12.2. The summed E-state index contributed by atoms with van der Waals surface area (Å²) >= 11 is 18.6. The van der Waals surface area contributed by atoms with Gasteiger partial charge in [-0.3, -0.25) is 45.7 Å². The van der Waals surface area contributed by atoms with Crippen molar-refractivity contribution in [1.82, 2.24) is 45.8 Å². The van der Waals surface area contributed by atoms with Crippen LogP contribution in [-0.4, -0.2) is 59.7 Å². The number of rotatable bonds is 6. The number of hydrogen-bond donors (Lipinski definition) is 7. The first-order valence-electron chi connectivity index (χ1n) is 17.9. The number of hydrogen-bond acceptors (Lipinski definition) is 11. The fraction of sp³-hybridized carbons (Fsp3) is 0.263. The summed E-state index contributed by atoms with van der Waals surface area (Å²) in [5.41, 5.74) is 9.29. The Morgan fingerprint density at radius 1 is 0.847 bits per heavy atom. The van der Waals surface area contributed by atoms with Crippen molar-refractivity contribution < 1.29 is 14.3 Å². The second-order valence-corrected chi connectivity index (χ2v) is 15.0. The van der Waals surface area contributed by atoms with Crippen molar-refractivity contribution in [2.45, 2.75) is 57.5 Å². The molecule has 5 heterocycles. The largest absolute Gasteiger partial charge is 0.381 e. The molecule has 8 N–H and O–H groups in total. The van der Waals surface area contributed by atoms with E-state index in [0.29, 0.717) is 15.7 Å². The number of thiocarbonyl (C=S) groups is 1. The van der Waals surface area contributed by atoms with Crippen LogP contribution in [0.3, 0.4) is 0 Å². The van der Waals surface area contributed by atoms with Crippen molar-refractivity contribution in [3.05, 3.63) is 115 Å². The van der Waals surface area contributed by atoms with E-state index in [1.54, 1.807) is 49.1 Å². The molecule has 0 saturated carbocycles. The van der Waals surface area contributed by atoms with Crippen LogP contribution in [0, 0.1) is 10.7 Å². The number of nitriles is 1. The number of nitrogens with zero attached hydrogens (tertiary/aromatic N) is 5. The second kappa shape index (κ2) is 22.4. The van der Waals surface area contributed by atoms with Gasteiger partial charge >= 0.3 is 0 Å². The summed E-state index contributed by atoms with van der Waals surface area (Å²) < 4.78 is 8.01. The molecule has 0 spiro atoms. The fourth-order valence-electron chi connectivity index (χ4n) is 5.22. The lowest BCUT2D eigenvalue weighted by molar-refractivity contribution is 0.0939. The average Bonchev–Trinajstić information content (AvgIpc) is 4.04. The SMILES string of the molecule is C1CCOC1.CC(C)n1ccc(C(=O)NN)cc1=O.CC(C)n1ccc(C(=O)NNC(=S)Nc2ccc3[nH]ncc3c2Cl)cc1=O.N#CSc1ccc2[nH]ncc2c1Cl. The quantitative estimate of drug-likeness (QED) is 0.0246. The standard InChI is InChI=1S/C17H17ClN6O2S.C9H13N3O2.C8H4ClN3S.C4H8O/c1-9(2)24-6-5-10(7-14(24)25)16(26)22-23-17(27)20-13-4-3-12-11(15(13)18)8-19-21-12;1-6(2)12-4-3-7(5-8(12)13)9(14)11-10;9-8-5-3-11-12-6(5)1-2-7(8)13-4-10;1-2-4-5-3-1/h3-9H,1-2H3,(H,19,21)(H,22,26)(H2,20,23,27);3-6H,10H2,1-2H3,(H,11,14);1-3H,(H,11,12);1-4H2. The van der Waals surface area contributed by atoms with Crippen molar-refractivity contribution in [2.24, 2.45) is 5.84 Å². The second-order valence-electron chi connectivity index (χ2n) is 13.0. The number of pyridine rings is 2. The van der Waals surface area contributed by atoms with Gasteiger partial charge in [-0.05, 0) is 101 Å². The van der Waals surface area contributed by atoms with E-state index in [1.807, 2.05) is 50.7 Å². The summed E-state index contributed by atoms with van der Waals surface area (Å²) in [5, 5.41) is 29.6. The number of nitrogens with two attached hydrogens (primary N) is 1. The number of nitrogen functional groups attached to an aromatic ring is 1. The number of aromatic amines is 2. The number of nitrogens with one attached hydrogen (secondary N) is 6. The minimum Gasteiger partial charge on any atom is -0.381 e. The number of carbonyl (C=O) groups excluding carboxylic acids is 2. The van der Waals surface area contributed by atoms with Crippen LogP contribution in [0.15, 0.2) is 87.8 Å². The molecule has 1 aliphatic rings. The van der Waals surface area contributed by atoms with Crippen molar-refractivity contribution in [2.75, 3.05) is 18.5 Å². The lowest BCUT2D eigenvalue weighted by Crippen LogP contribution is -2.44. The Labute approximate surface area is 357 Å². The summed E-state index contributed by atoms with van der Waals surface area (Å²) in [6.07, 6.45) is 8.98. The third kappa shape index (κ3) is 12.9. The van der Waals surface area contributed by atoms with Crippen molar-refractivity contribution in [3.8, 4) is 5.40 Å². The third-order valence-corrected chi connectivity index (χ3v) is 10.0. The van der Waals surface area contributed by atoms with Crippen LogP contribution >= 0.6 is 47.2 Å². The van der Waals surface area contributed by atoms with Crippen LogP contribution in [0.2, 0.25) is 10.0 Å². The molecule has 0 atom stereocenters. The topological polar surface area (TPSA) is 243 Å². The lowest BCUT2D eigenvalue weighted by atomic mass is 10.2. The zero-order valence-electron chi connectivity index (χ0n) is 32.3. The van der Waals surface area contributed by atoms with E-state index in [2.05, 4.69) is 36.6 Å². The van der Waals surface area contributed by atoms with Crippen LogP contribution in [0.1, 0.15) is 73.3 Å². The molecule has 59 heavy (non-hydrogen) atoms. The third-order valence-electron chi connectivity index (χ3n) is 8.27. The van der Waals surface area contributed by atoms with Gasteiger partial charge in [0.2, 0.25) is 0 Å². The number of amides is 2. The molecule has 21 heteroatoms. The molecular formula is C38H42Cl2N12O5S2. The van der Waals surface area contributed by atoms with Crippen molar-refractivity contribution in [3.63, 3.8) is 0 Å². The van der Waals surface area contributed by atoms with E-state index < -0.39 is 11.8 Å². The number of ether oxygens (including phenoxy) is 1. The first-order chi connectivity index (χ1) is 28.2. The number of carbonyl (C=O) groups is 2. The van der Waals surface area contributed by atoms with Gasteiger partial charge in [-0.15, -0.1) is 0 Å². The van der Waals surface area contributed by atoms with Crippen LogP contribution in [0.25, 0.3) is 21.8 Å². The van der Waals surface area contributed by atoms with E-state index in [0.717, 1.165) is 51.7 Å². The van der Waals surface area contributed by atoms with Gasteiger partial charge in [0.05, 0.1) is 39.2 Å². The summed E-state index contributed by atoms with van der Waals surface area (Å²) in [4.78, 5) is 47.5. The monoisotopic (exact) mass is 880 g/mol. The van der Waals surface area contributed by atoms with Crippen LogP contribution < -0.4 is 38.6 Å². The Morgan fingerprint density at radius 2 is 1.37 bits per heavy atom. The predicted octanol–water partition coefficient (Wildman–Crippen LogP) is 6.21. The molecule has 6 aromatic rings. The molecule has 0 bridgehead atoms. The molecule has 0 radical (unpaired) electrons. The molecule has 1 saturated heterocycles. The maximum absolute atomic E-state index is 12.2. The number of thiocyanates is 1. The summed E-state index contributed by atoms with van der Waals surface area (Å²) in [6, 6.07) is 13.0. The van der Waals surface area contributed by atoms with Gasteiger partial charge in [0.1, 0.15) is 5.40 Å². The number of thioether (sulfide) groups is 1. The van der Waals surface area contributed by atoms with Crippen LogP contribution in [0.5, 0.6) is 0 Å². The highest BCUT2D eigenvalue weighted by Crippen LogP contribution is 2.32. The number of halogens is 2. The highest BCUT2D eigenvalue weighted by atomic mass is 35.5. The van der Waals surface area contributed by atoms with E-state index in [-0.39, 0.29) is 39.4 Å². The number of hydrazine groups is 2. The lowest BCUT2D eigenvalue weighted by Gasteiger charge is -2.13. The van der Waals surface area contributed by atoms with E-state index in [9.17, 15) is 19.2 Å². The zero-order valence-corrected chi connectivity index (χ0v) is 35.5. The smallest absolute Gasteiger partial charge is 0.269 e. The van der Waals surface area contributed by atoms with Gasteiger partial charge in [0.15, 0.2) is 5.11 Å². The molecule has 0 aliphatic carbocycles. The molecular weight excluding hydrogens is 840 g/mol. The summed E-state index contributed by atoms with van der Waals surface area (Å²) in [5.74, 6) is 4.00. The minimum absolute atomic E-state index is 0.0156. The molecule has 2 amide bonds. The van der Waals surface area contributed by atoms with Gasteiger partial charge in [-0.25, -0.2) is 5.84 Å². The maximum Gasteiger partial charge on any atom is 0.269 e. The molecule has 17 nitrogen and oxygen atoms in total. The molecule has 0 unspecified atom stereocenters. The number of fused-ring (bicyclic) bond motifs is 2. The number of anilines is 1. The van der Waals surface area contributed by atoms with E-state index in [4.69, 9.17) is 51.3 Å². The number of benzene rings is 2. The number of aromatic nitrogens is 6. The average molecular weight is 882 g/mol. The summed E-state index contributed by atoms with van der Waals surface area (Å²) in [7, 11) is 0. The van der Waals surface area contributed by atoms with Crippen molar-refractivity contribution >= 4 is 91.6 Å². The Morgan fingerprint density at radius 3 is 1.85 bits per heavy atom.